The molecule has 0 aliphatic carbocycles. The molecule has 1 fully saturated rings. The highest BCUT2D eigenvalue weighted by molar-refractivity contribution is 5.82. The van der Waals surface area contributed by atoms with Crippen LogP contribution in [0, 0.1) is 0 Å². The number of fused-ring (bicyclic) bond motifs is 1. The lowest BCUT2D eigenvalue weighted by atomic mass is 10.1. The van der Waals surface area contributed by atoms with E-state index in [0.717, 1.165) is 36.8 Å². The monoisotopic (exact) mass is 244 g/mol. The number of H-pyrrole nitrogens is 1. The maximum Gasteiger partial charge on any atom is 0.415 e. The van der Waals surface area contributed by atoms with Gasteiger partial charge in [0, 0.05) is 30.2 Å². The molecular formula is C14H16N2O2. The van der Waals surface area contributed by atoms with E-state index in [1.807, 2.05) is 30.5 Å². The first-order valence-electron chi connectivity index (χ1n) is 6.37. The number of piperidine rings is 1. The maximum absolute atomic E-state index is 11.9. The third-order valence-corrected chi connectivity index (χ3v) is 3.34. The molecular weight excluding hydrogens is 228 g/mol. The van der Waals surface area contributed by atoms with E-state index < -0.39 is 0 Å². The van der Waals surface area contributed by atoms with Crippen LogP contribution >= 0.6 is 0 Å². The predicted octanol–water partition coefficient (Wildman–Crippen LogP) is 3.15. The number of aromatic amines is 1. The molecule has 1 aromatic carbocycles. The summed E-state index contributed by atoms with van der Waals surface area (Å²) in [5.74, 6) is 0.609. The number of likely N-dealkylation sites (tertiary alicyclic amines) is 1. The Morgan fingerprint density at radius 2 is 2.00 bits per heavy atom. The van der Waals surface area contributed by atoms with Gasteiger partial charge in [0.25, 0.3) is 0 Å². The third-order valence-electron chi connectivity index (χ3n) is 3.34. The summed E-state index contributed by atoms with van der Waals surface area (Å²) in [5, 5.41) is 1.05. The van der Waals surface area contributed by atoms with Crippen LogP contribution in [0.1, 0.15) is 19.3 Å². The number of nitrogens with one attached hydrogen (secondary N) is 1. The van der Waals surface area contributed by atoms with E-state index in [1.165, 1.54) is 6.42 Å². The molecule has 1 saturated heterocycles. The van der Waals surface area contributed by atoms with Gasteiger partial charge < -0.3 is 14.6 Å². The van der Waals surface area contributed by atoms with E-state index in [9.17, 15) is 4.79 Å². The maximum atomic E-state index is 11.9. The lowest BCUT2D eigenvalue weighted by molar-refractivity contribution is 0.142. The van der Waals surface area contributed by atoms with Crippen molar-refractivity contribution in [3.05, 3.63) is 30.5 Å². The van der Waals surface area contributed by atoms with Gasteiger partial charge in [-0.3, -0.25) is 0 Å². The molecule has 1 aliphatic heterocycles. The summed E-state index contributed by atoms with van der Waals surface area (Å²) in [6.45, 7) is 1.62. The van der Waals surface area contributed by atoms with Gasteiger partial charge in [0.15, 0.2) is 0 Å². The molecule has 1 aromatic heterocycles. The molecule has 0 saturated carbocycles. The molecule has 0 bridgehead atoms. The van der Waals surface area contributed by atoms with Crippen LogP contribution < -0.4 is 4.74 Å². The zero-order chi connectivity index (χ0) is 12.4. The smallest absolute Gasteiger partial charge is 0.410 e. The van der Waals surface area contributed by atoms with Crippen molar-refractivity contribution >= 4 is 17.0 Å². The number of carbonyl (C=O) groups excluding carboxylic acids is 1. The van der Waals surface area contributed by atoms with Crippen LogP contribution in [0.3, 0.4) is 0 Å². The minimum Gasteiger partial charge on any atom is -0.410 e. The van der Waals surface area contributed by atoms with Gasteiger partial charge in [-0.15, -0.1) is 0 Å². The lowest BCUT2D eigenvalue weighted by Crippen LogP contribution is -2.37. The van der Waals surface area contributed by atoms with Gasteiger partial charge in [0.2, 0.25) is 0 Å². The molecule has 2 aromatic rings. The normalized spacial score (nSPS) is 15.9. The SMILES string of the molecule is O=C(Oc1ccc2[nH]ccc2c1)N1CCCCC1. The van der Waals surface area contributed by atoms with Crippen molar-refractivity contribution in [3.8, 4) is 5.75 Å². The molecule has 0 radical (unpaired) electrons. The Morgan fingerprint density at radius 1 is 1.17 bits per heavy atom. The Balaban J connectivity index is 1.72. The van der Waals surface area contributed by atoms with Gasteiger partial charge in [-0.1, -0.05) is 0 Å². The van der Waals surface area contributed by atoms with Gasteiger partial charge >= 0.3 is 6.09 Å². The molecule has 3 rings (SSSR count). The van der Waals surface area contributed by atoms with Crippen LogP contribution in [0.2, 0.25) is 0 Å². The van der Waals surface area contributed by atoms with Gasteiger partial charge in [-0.05, 0) is 43.5 Å². The summed E-state index contributed by atoms with van der Waals surface area (Å²) in [6.07, 6.45) is 5.00. The fraction of sp³-hybridized carbons (Fsp3) is 0.357. The van der Waals surface area contributed by atoms with Gasteiger partial charge in [0.05, 0.1) is 0 Å². The summed E-state index contributed by atoms with van der Waals surface area (Å²) in [7, 11) is 0. The first kappa shape index (κ1) is 11.1. The van der Waals surface area contributed by atoms with Crippen molar-refractivity contribution < 1.29 is 9.53 Å². The van der Waals surface area contributed by atoms with Crippen LogP contribution in [0.25, 0.3) is 10.9 Å². The van der Waals surface area contributed by atoms with E-state index in [4.69, 9.17) is 4.74 Å². The Bertz CT molecular complexity index is 556. The van der Waals surface area contributed by atoms with Crippen molar-refractivity contribution in [1.29, 1.82) is 0 Å². The molecule has 94 valence electrons. The van der Waals surface area contributed by atoms with Gasteiger partial charge in [-0.25, -0.2) is 4.79 Å². The predicted molar refractivity (Wildman–Crippen MR) is 69.7 cm³/mol. The van der Waals surface area contributed by atoms with Crippen LogP contribution in [-0.2, 0) is 0 Å². The molecule has 1 N–H and O–H groups in total. The minimum atomic E-state index is -0.232. The van der Waals surface area contributed by atoms with Crippen molar-refractivity contribution in [3.63, 3.8) is 0 Å². The molecule has 18 heavy (non-hydrogen) atoms. The first-order valence-corrected chi connectivity index (χ1v) is 6.37. The number of amides is 1. The summed E-state index contributed by atoms with van der Waals surface area (Å²) in [6, 6.07) is 7.59. The molecule has 1 amide bonds. The van der Waals surface area contributed by atoms with Crippen LogP contribution in [0.5, 0.6) is 5.75 Å². The van der Waals surface area contributed by atoms with E-state index >= 15 is 0 Å². The zero-order valence-electron chi connectivity index (χ0n) is 10.2. The molecule has 0 atom stereocenters. The van der Waals surface area contributed by atoms with Crippen molar-refractivity contribution in [1.82, 2.24) is 9.88 Å². The van der Waals surface area contributed by atoms with Gasteiger partial charge in [-0.2, -0.15) is 0 Å². The summed E-state index contributed by atoms with van der Waals surface area (Å²) in [5.41, 5.74) is 1.05. The van der Waals surface area contributed by atoms with E-state index in [2.05, 4.69) is 4.98 Å². The fourth-order valence-corrected chi connectivity index (χ4v) is 2.34. The van der Waals surface area contributed by atoms with Gasteiger partial charge in [0.1, 0.15) is 5.75 Å². The number of hydrogen-bond acceptors (Lipinski definition) is 2. The molecule has 1 aliphatic rings. The van der Waals surface area contributed by atoms with E-state index in [1.54, 1.807) is 4.90 Å². The Morgan fingerprint density at radius 3 is 2.83 bits per heavy atom. The number of aromatic nitrogens is 1. The second kappa shape index (κ2) is 4.72. The number of benzene rings is 1. The van der Waals surface area contributed by atoms with E-state index in [-0.39, 0.29) is 6.09 Å². The highest BCUT2D eigenvalue weighted by Gasteiger charge is 2.18. The second-order valence-electron chi connectivity index (χ2n) is 4.64. The Hall–Kier alpha value is -1.97. The number of rotatable bonds is 1. The van der Waals surface area contributed by atoms with E-state index in [0.29, 0.717) is 5.75 Å². The average Bonchev–Trinajstić information content (AvgIpc) is 2.87. The van der Waals surface area contributed by atoms with Crippen molar-refractivity contribution in [2.75, 3.05) is 13.1 Å². The quantitative estimate of drug-likeness (QED) is 0.837. The van der Waals surface area contributed by atoms with Crippen LogP contribution in [-0.4, -0.2) is 29.1 Å². The third kappa shape index (κ3) is 2.18. The molecule has 4 nitrogen and oxygen atoms in total. The minimum absolute atomic E-state index is 0.232. The van der Waals surface area contributed by atoms with Crippen molar-refractivity contribution in [2.24, 2.45) is 0 Å². The highest BCUT2D eigenvalue weighted by Crippen LogP contribution is 2.21. The topological polar surface area (TPSA) is 45.3 Å². The Labute approximate surface area is 106 Å². The second-order valence-corrected chi connectivity index (χ2v) is 4.64. The molecule has 0 spiro atoms. The zero-order valence-corrected chi connectivity index (χ0v) is 10.2. The summed E-state index contributed by atoms with van der Waals surface area (Å²) in [4.78, 5) is 16.8. The first-order chi connectivity index (χ1) is 8.83. The summed E-state index contributed by atoms with van der Waals surface area (Å²) >= 11 is 0. The molecule has 0 unspecified atom stereocenters. The Kier molecular flexibility index (Phi) is 2.92. The molecule has 4 heteroatoms. The fourth-order valence-electron chi connectivity index (χ4n) is 2.34. The number of carbonyl (C=O) groups is 1. The average molecular weight is 244 g/mol. The standard InChI is InChI=1S/C14H16N2O2/c17-14(16-8-2-1-3-9-16)18-12-4-5-13-11(10-12)6-7-15-13/h4-7,10,15H,1-3,8-9H2. The lowest BCUT2D eigenvalue weighted by Gasteiger charge is -2.25. The summed E-state index contributed by atoms with van der Waals surface area (Å²) < 4.78 is 5.40. The highest BCUT2D eigenvalue weighted by atomic mass is 16.6. The molecule has 2 heterocycles. The van der Waals surface area contributed by atoms with Crippen LogP contribution in [0.4, 0.5) is 4.79 Å². The number of nitrogens with zero attached hydrogens (tertiary/aromatic N) is 1. The van der Waals surface area contributed by atoms with Crippen LogP contribution in [0.15, 0.2) is 30.5 Å². The largest absolute Gasteiger partial charge is 0.415 e. The number of ether oxygens (including phenoxy) is 1. The van der Waals surface area contributed by atoms with Crippen molar-refractivity contribution in [2.45, 2.75) is 19.3 Å². The number of hydrogen-bond donors (Lipinski definition) is 1.